The molecule has 0 saturated heterocycles. The van der Waals surface area contributed by atoms with Crippen molar-refractivity contribution >= 4 is 28.4 Å². The SMILES string of the molecule is O=C(O)CC1CCC(Oc2ccc(C(=O)CCCNC(=O)c3ccc4ccccc4c3)cc2F)CC1. The van der Waals surface area contributed by atoms with Gasteiger partial charge in [0, 0.05) is 30.5 Å². The Bertz CT molecular complexity index is 1250. The van der Waals surface area contributed by atoms with Crippen LogP contribution >= 0.6 is 0 Å². The Morgan fingerprint density at radius 2 is 1.64 bits per heavy atom. The lowest BCUT2D eigenvalue weighted by atomic mass is 9.85. The Morgan fingerprint density at radius 1 is 0.917 bits per heavy atom. The van der Waals surface area contributed by atoms with Crippen molar-refractivity contribution in [2.75, 3.05) is 6.54 Å². The van der Waals surface area contributed by atoms with Crippen molar-refractivity contribution in [2.45, 2.75) is 51.0 Å². The van der Waals surface area contributed by atoms with Gasteiger partial charge in [-0.15, -0.1) is 0 Å². The largest absolute Gasteiger partial charge is 0.487 e. The van der Waals surface area contributed by atoms with Gasteiger partial charge in [0.25, 0.3) is 5.91 Å². The molecule has 7 heteroatoms. The molecule has 1 amide bonds. The number of Topliss-reactive ketones (excluding diaryl/α,β-unsaturated/α-hetero) is 1. The van der Waals surface area contributed by atoms with Crippen molar-refractivity contribution in [2.24, 2.45) is 5.92 Å². The van der Waals surface area contributed by atoms with Gasteiger partial charge in [0.1, 0.15) is 0 Å². The monoisotopic (exact) mass is 491 g/mol. The van der Waals surface area contributed by atoms with Gasteiger partial charge in [0.05, 0.1) is 6.10 Å². The average molecular weight is 492 g/mol. The lowest BCUT2D eigenvalue weighted by Gasteiger charge is -2.28. The number of hydrogen-bond acceptors (Lipinski definition) is 4. The maximum Gasteiger partial charge on any atom is 0.303 e. The highest BCUT2D eigenvalue weighted by Gasteiger charge is 2.25. The fourth-order valence-electron chi connectivity index (χ4n) is 4.68. The molecule has 0 unspecified atom stereocenters. The number of carbonyl (C=O) groups excluding carboxylic acids is 2. The Morgan fingerprint density at radius 3 is 2.36 bits per heavy atom. The predicted molar refractivity (Wildman–Crippen MR) is 135 cm³/mol. The molecule has 3 aromatic rings. The van der Waals surface area contributed by atoms with Crippen molar-refractivity contribution in [1.82, 2.24) is 5.32 Å². The van der Waals surface area contributed by atoms with Gasteiger partial charge in [0.15, 0.2) is 17.3 Å². The van der Waals surface area contributed by atoms with E-state index in [1.165, 1.54) is 12.1 Å². The van der Waals surface area contributed by atoms with Crippen LogP contribution in [0.5, 0.6) is 5.75 Å². The van der Waals surface area contributed by atoms with E-state index >= 15 is 0 Å². The molecule has 0 heterocycles. The Hall–Kier alpha value is -3.74. The number of benzene rings is 3. The Labute approximate surface area is 209 Å². The smallest absolute Gasteiger partial charge is 0.303 e. The molecule has 188 valence electrons. The number of carboxylic acid groups (broad SMARTS) is 1. The third-order valence-corrected chi connectivity index (χ3v) is 6.68. The van der Waals surface area contributed by atoms with Crippen LogP contribution in [0.4, 0.5) is 4.39 Å². The predicted octanol–water partition coefficient (Wildman–Crippen LogP) is 5.78. The lowest BCUT2D eigenvalue weighted by Crippen LogP contribution is -2.25. The number of nitrogens with one attached hydrogen (secondary N) is 1. The zero-order valence-corrected chi connectivity index (χ0v) is 20.0. The third kappa shape index (κ3) is 6.68. The standard InChI is InChI=1S/C29H30FNO5/c30-25-18-22(11-14-27(25)36-24-12-7-19(8-13-24)16-28(33)34)26(32)6-3-15-31-29(35)23-10-9-20-4-1-2-5-21(20)17-23/h1-2,4-5,9-11,14,17-19,24H,3,6-8,12-13,15-16H2,(H,31,35)(H,33,34). The van der Waals surface area contributed by atoms with Crippen LogP contribution < -0.4 is 10.1 Å². The van der Waals surface area contributed by atoms with Crippen molar-refractivity contribution in [3.8, 4) is 5.75 Å². The van der Waals surface area contributed by atoms with E-state index in [9.17, 15) is 18.8 Å². The number of carbonyl (C=O) groups is 3. The van der Waals surface area contributed by atoms with Gasteiger partial charge in [0.2, 0.25) is 0 Å². The van der Waals surface area contributed by atoms with Crippen molar-refractivity contribution in [3.63, 3.8) is 0 Å². The van der Waals surface area contributed by atoms with Crippen LogP contribution in [-0.4, -0.2) is 35.4 Å². The number of ether oxygens (including phenoxy) is 1. The minimum Gasteiger partial charge on any atom is -0.487 e. The second-order valence-corrected chi connectivity index (χ2v) is 9.35. The van der Waals surface area contributed by atoms with Crippen LogP contribution in [-0.2, 0) is 4.79 Å². The summed E-state index contributed by atoms with van der Waals surface area (Å²) in [6.07, 6.45) is 3.48. The summed E-state index contributed by atoms with van der Waals surface area (Å²) in [7, 11) is 0. The molecule has 3 aromatic carbocycles. The second kappa shape index (κ2) is 11.8. The van der Waals surface area contributed by atoms with Crippen LogP contribution in [0.1, 0.15) is 65.7 Å². The molecule has 0 radical (unpaired) electrons. The first-order valence-electron chi connectivity index (χ1n) is 12.4. The number of rotatable bonds is 10. The van der Waals surface area contributed by atoms with E-state index in [1.807, 2.05) is 36.4 Å². The molecule has 0 aromatic heterocycles. The van der Waals surface area contributed by atoms with Crippen LogP contribution in [0.15, 0.2) is 60.7 Å². The molecule has 0 spiro atoms. The Balaban J connectivity index is 1.22. The molecule has 4 rings (SSSR count). The maximum atomic E-state index is 14.6. The van der Waals surface area contributed by atoms with Crippen LogP contribution in [0.25, 0.3) is 10.8 Å². The zero-order valence-electron chi connectivity index (χ0n) is 20.0. The highest BCUT2D eigenvalue weighted by Crippen LogP contribution is 2.31. The van der Waals surface area contributed by atoms with Gasteiger partial charge in [-0.3, -0.25) is 14.4 Å². The van der Waals surface area contributed by atoms with E-state index in [1.54, 1.807) is 12.1 Å². The van der Waals surface area contributed by atoms with E-state index in [2.05, 4.69) is 5.32 Å². The minimum absolute atomic E-state index is 0.107. The molecule has 1 aliphatic carbocycles. The molecule has 36 heavy (non-hydrogen) atoms. The van der Waals surface area contributed by atoms with Crippen molar-refractivity contribution in [1.29, 1.82) is 0 Å². The second-order valence-electron chi connectivity index (χ2n) is 9.35. The first-order chi connectivity index (χ1) is 17.4. The van der Waals surface area contributed by atoms with Gasteiger partial charge < -0.3 is 15.2 Å². The number of halogens is 1. The van der Waals surface area contributed by atoms with Gasteiger partial charge in [-0.2, -0.15) is 0 Å². The quantitative estimate of drug-likeness (QED) is 0.277. The van der Waals surface area contributed by atoms with Crippen molar-refractivity contribution in [3.05, 3.63) is 77.6 Å². The Kier molecular flexibility index (Phi) is 8.31. The van der Waals surface area contributed by atoms with Gasteiger partial charge in [-0.1, -0.05) is 30.3 Å². The number of aliphatic carboxylic acids is 1. The summed E-state index contributed by atoms with van der Waals surface area (Å²) in [5, 5.41) is 13.8. The molecular formula is C29H30FNO5. The molecule has 0 aliphatic heterocycles. The van der Waals surface area contributed by atoms with Crippen LogP contribution in [0.3, 0.4) is 0 Å². The topological polar surface area (TPSA) is 92.7 Å². The highest BCUT2D eigenvalue weighted by molar-refractivity contribution is 5.99. The van der Waals surface area contributed by atoms with Gasteiger partial charge in [-0.05, 0) is 79.1 Å². The minimum atomic E-state index is -0.794. The van der Waals surface area contributed by atoms with Crippen LogP contribution in [0.2, 0.25) is 0 Å². The summed E-state index contributed by atoms with van der Waals surface area (Å²) in [6.45, 7) is 0.339. The molecule has 0 bridgehead atoms. The normalized spacial score (nSPS) is 17.5. The zero-order chi connectivity index (χ0) is 25.5. The number of carboxylic acids is 1. The fourth-order valence-corrected chi connectivity index (χ4v) is 4.68. The van der Waals surface area contributed by atoms with E-state index < -0.39 is 11.8 Å². The third-order valence-electron chi connectivity index (χ3n) is 6.68. The number of ketones is 1. The van der Waals surface area contributed by atoms with E-state index in [0.717, 1.165) is 23.6 Å². The molecular weight excluding hydrogens is 461 g/mol. The van der Waals surface area contributed by atoms with Crippen LogP contribution in [0, 0.1) is 11.7 Å². The molecule has 1 fully saturated rings. The molecule has 0 atom stereocenters. The lowest BCUT2D eigenvalue weighted by molar-refractivity contribution is -0.138. The molecule has 6 nitrogen and oxygen atoms in total. The average Bonchev–Trinajstić information content (AvgIpc) is 2.88. The van der Waals surface area contributed by atoms with E-state index in [0.29, 0.717) is 31.4 Å². The summed E-state index contributed by atoms with van der Waals surface area (Å²) in [5.41, 5.74) is 0.832. The first-order valence-corrected chi connectivity index (χ1v) is 12.4. The summed E-state index contributed by atoms with van der Waals surface area (Å²) in [4.78, 5) is 35.8. The fraction of sp³-hybridized carbons (Fsp3) is 0.345. The van der Waals surface area contributed by atoms with Crippen molar-refractivity contribution < 1.29 is 28.6 Å². The number of fused-ring (bicyclic) bond motifs is 1. The molecule has 1 saturated carbocycles. The number of hydrogen-bond donors (Lipinski definition) is 2. The van der Waals surface area contributed by atoms with Gasteiger partial charge >= 0.3 is 5.97 Å². The summed E-state index contributed by atoms with van der Waals surface area (Å²) >= 11 is 0. The maximum absolute atomic E-state index is 14.6. The van der Waals surface area contributed by atoms with Gasteiger partial charge in [-0.25, -0.2) is 4.39 Å². The summed E-state index contributed by atoms with van der Waals surface area (Å²) in [6, 6.07) is 17.6. The molecule has 2 N–H and O–H groups in total. The number of amides is 1. The summed E-state index contributed by atoms with van der Waals surface area (Å²) < 4.78 is 20.4. The molecule has 1 aliphatic rings. The highest BCUT2D eigenvalue weighted by atomic mass is 19.1. The summed E-state index contributed by atoms with van der Waals surface area (Å²) in [5.74, 6) is -1.52. The first kappa shape index (κ1) is 25.4. The van der Waals surface area contributed by atoms with E-state index in [4.69, 9.17) is 9.84 Å². The van der Waals surface area contributed by atoms with E-state index in [-0.39, 0.29) is 47.9 Å².